The molecule has 1 aliphatic rings. The first-order chi connectivity index (χ1) is 13.4. The largest absolute Gasteiger partial charge is 0.467 e. The number of rotatable bonds is 7. The molecule has 8 heteroatoms. The molecule has 3 rings (SSSR count). The van der Waals surface area contributed by atoms with E-state index in [9.17, 15) is 18.8 Å². The number of halogens is 1. The van der Waals surface area contributed by atoms with E-state index in [4.69, 9.17) is 4.42 Å². The highest BCUT2D eigenvalue weighted by Crippen LogP contribution is 2.20. The summed E-state index contributed by atoms with van der Waals surface area (Å²) in [7, 11) is 0. The first kappa shape index (κ1) is 19.6. The molecule has 0 spiro atoms. The number of aryl methyl sites for hydroxylation is 1. The van der Waals surface area contributed by atoms with Crippen molar-refractivity contribution in [2.45, 2.75) is 19.9 Å². The summed E-state index contributed by atoms with van der Waals surface area (Å²) >= 11 is 0. The van der Waals surface area contributed by atoms with Crippen molar-refractivity contribution in [3.05, 3.63) is 59.3 Å². The van der Waals surface area contributed by atoms with Gasteiger partial charge in [0.05, 0.1) is 18.7 Å². The Morgan fingerprint density at radius 1 is 1.25 bits per heavy atom. The SMILES string of the molecule is Cc1ccc(C(=O)NCCNC(=O)[C@@H]2CC(=O)N(Cc3ccco3)C2)cc1F. The average Bonchev–Trinajstić information content (AvgIpc) is 3.31. The van der Waals surface area contributed by atoms with Crippen LogP contribution in [0.4, 0.5) is 4.39 Å². The summed E-state index contributed by atoms with van der Waals surface area (Å²) in [4.78, 5) is 37.9. The summed E-state index contributed by atoms with van der Waals surface area (Å²) in [5.41, 5.74) is 0.695. The lowest BCUT2D eigenvalue weighted by Crippen LogP contribution is -2.38. The molecule has 1 atom stereocenters. The van der Waals surface area contributed by atoms with E-state index in [1.165, 1.54) is 12.1 Å². The minimum atomic E-state index is -0.439. The highest BCUT2D eigenvalue weighted by molar-refractivity contribution is 5.94. The number of likely N-dealkylation sites (tertiary alicyclic amines) is 1. The summed E-state index contributed by atoms with van der Waals surface area (Å²) in [5.74, 6) is -0.925. The molecule has 2 aromatic rings. The number of hydrogen-bond donors (Lipinski definition) is 2. The normalized spacial score (nSPS) is 16.3. The second-order valence-corrected chi connectivity index (χ2v) is 6.77. The van der Waals surface area contributed by atoms with E-state index in [1.54, 1.807) is 36.3 Å². The first-order valence-corrected chi connectivity index (χ1v) is 9.06. The quantitative estimate of drug-likeness (QED) is 0.707. The van der Waals surface area contributed by atoms with Crippen LogP contribution in [0.1, 0.15) is 28.1 Å². The van der Waals surface area contributed by atoms with Gasteiger partial charge in [-0.1, -0.05) is 6.07 Å². The molecule has 0 bridgehead atoms. The third kappa shape index (κ3) is 4.76. The van der Waals surface area contributed by atoms with Gasteiger partial charge in [0.15, 0.2) is 0 Å². The van der Waals surface area contributed by atoms with Gasteiger partial charge in [-0.2, -0.15) is 0 Å². The van der Waals surface area contributed by atoms with Crippen molar-refractivity contribution in [2.75, 3.05) is 19.6 Å². The zero-order chi connectivity index (χ0) is 20.1. The topological polar surface area (TPSA) is 91.7 Å². The number of nitrogens with one attached hydrogen (secondary N) is 2. The van der Waals surface area contributed by atoms with E-state index in [0.29, 0.717) is 24.4 Å². The Morgan fingerprint density at radius 2 is 2.04 bits per heavy atom. The third-order valence-electron chi connectivity index (χ3n) is 4.66. The van der Waals surface area contributed by atoms with E-state index < -0.39 is 17.6 Å². The molecular weight excluding hydrogens is 365 g/mol. The summed E-state index contributed by atoms with van der Waals surface area (Å²) in [5, 5.41) is 5.35. The molecule has 1 fully saturated rings. The standard InChI is InChI=1S/C20H22FN3O4/c1-13-4-5-14(9-17(13)21)19(26)22-6-7-23-20(27)15-10-18(25)24(11-15)12-16-3-2-8-28-16/h2-5,8-9,15H,6-7,10-12H2,1H3,(H,22,26)(H,23,27)/t15-/m1/s1. The predicted octanol–water partition coefficient (Wildman–Crippen LogP) is 1.62. The highest BCUT2D eigenvalue weighted by atomic mass is 19.1. The van der Waals surface area contributed by atoms with Crippen LogP contribution in [-0.2, 0) is 16.1 Å². The molecule has 2 heterocycles. The summed E-state index contributed by atoms with van der Waals surface area (Å²) < 4.78 is 18.7. The van der Waals surface area contributed by atoms with Crippen LogP contribution in [0.2, 0.25) is 0 Å². The Morgan fingerprint density at radius 3 is 2.75 bits per heavy atom. The Labute approximate surface area is 161 Å². The van der Waals surface area contributed by atoms with Gasteiger partial charge >= 0.3 is 0 Å². The lowest BCUT2D eigenvalue weighted by Gasteiger charge is -2.15. The van der Waals surface area contributed by atoms with Gasteiger partial charge in [-0.05, 0) is 36.8 Å². The van der Waals surface area contributed by atoms with Crippen molar-refractivity contribution in [3.63, 3.8) is 0 Å². The van der Waals surface area contributed by atoms with Gasteiger partial charge in [0.25, 0.3) is 5.91 Å². The second kappa shape index (κ2) is 8.69. The molecule has 148 valence electrons. The highest BCUT2D eigenvalue weighted by Gasteiger charge is 2.34. The van der Waals surface area contributed by atoms with Gasteiger partial charge in [-0.15, -0.1) is 0 Å². The van der Waals surface area contributed by atoms with Crippen LogP contribution in [0.25, 0.3) is 0 Å². The predicted molar refractivity (Wildman–Crippen MR) is 98.7 cm³/mol. The second-order valence-electron chi connectivity index (χ2n) is 6.77. The van der Waals surface area contributed by atoms with Gasteiger partial charge in [0.1, 0.15) is 11.6 Å². The maximum atomic E-state index is 13.5. The van der Waals surface area contributed by atoms with Crippen molar-refractivity contribution >= 4 is 17.7 Å². The fourth-order valence-electron chi connectivity index (χ4n) is 3.03. The van der Waals surface area contributed by atoms with Crippen LogP contribution in [0, 0.1) is 18.7 Å². The fourth-order valence-corrected chi connectivity index (χ4v) is 3.03. The van der Waals surface area contributed by atoms with E-state index in [1.807, 2.05) is 0 Å². The van der Waals surface area contributed by atoms with Crippen LogP contribution >= 0.6 is 0 Å². The Hall–Kier alpha value is -3.16. The summed E-state index contributed by atoms with van der Waals surface area (Å²) in [6.45, 7) is 2.73. The molecule has 0 radical (unpaired) electrons. The van der Waals surface area contributed by atoms with Gasteiger partial charge in [-0.3, -0.25) is 14.4 Å². The van der Waals surface area contributed by atoms with E-state index in [2.05, 4.69) is 10.6 Å². The maximum Gasteiger partial charge on any atom is 0.251 e. The molecule has 0 aliphatic carbocycles. The molecule has 1 aromatic carbocycles. The maximum absolute atomic E-state index is 13.5. The molecule has 28 heavy (non-hydrogen) atoms. The van der Waals surface area contributed by atoms with Crippen molar-refractivity contribution in [1.82, 2.24) is 15.5 Å². The molecule has 1 saturated heterocycles. The van der Waals surface area contributed by atoms with Crippen molar-refractivity contribution in [2.24, 2.45) is 5.92 Å². The Bertz CT molecular complexity index is 866. The number of benzene rings is 1. The van der Waals surface area contributed by atoms with E-state index >= 15 is 0 Å². The molecular formula is C20H22FN3O4. The average molecular weight is 387 g/mol. The lowest BCUT2D eigenvalue weighted by molar-refractivity contribution is -0.129. The number of nitrogens with zero attached hydrogens (tertiary/aromatic N) is 1. The van der Waals surface area contributed by atoms with Gasteiger partial charge in [0.2, 0.25) is 11.8 Å². The molecule has 1 aromatic heterocycles. The Kier molecular flexibility index (Phi) is 6.08. The van der Waals surface area contributed by atoms with Crippen molar-refractivity contribution in [1.29, 1.82) is 0 Å². The molecule has 0 saturated carbocycles. The first-order valence-electron chi connectivity index (χ1n) is 9.06. The zero-order valence-corrected chi connectivity index (χ0v) is 15.5. The molecule has 2 N–H and O–H groups in total. The lowest BCUT2D eigenvalue weighted by atomic mass is 10.1. The molecule has 3 amide bonds. The summed E-state index contributed by atoms with van der Waals surface area (Å²) in [6.07, 6.45) is 1.70. The van der Waals surface area contributed by atoms with Gasteiger partial charge in [0, 0.05) is 31.6 Å². The van der Waals surface area contributed by atoms with Crippen molar-refractivity contribution < 1.29 is 23.2 Å². The molecule has 0 unspecified atom stereocenters. The summed E-state index contributed by atoms with van der Waals surface area (Å²) in [6, 6.07) is 7.80. The van der Waals surface area contributed by atoms with Crippen molar-refractivity contribution in [3.8, 4) is 0 Å². The minimum Gasteiger partial charge on any atom is -0.467 e. The van der Waals surface area contributed by atoms with Crippen LogP contribution in [0.5, 0.6) is 0 Å². The van der Waals surface area contributed by atoms with Crippen LogP contribution in [0.3, 0.4) is 0 Å². The third-order valence-corrected chi connectivity index (χ3v) is 4.66. The fraction of sp³-hybridized carbons (Fsp3) is 0.350. The number of carbonyl (C=O) groups is 3. The van der Waals surface area contributed by atoms with Crippen LogP contribution in [0.15, 0.2) is 41.0 Å². The van der Waals surface area contributed by atoms with Gasteiger partial charge in [-0.25, -0.2) is 4.39 Å². The Balaban J connectivity index is 1.40. The van der Waals surface area contributed by atoms with Gasteiger partial charge < -0.3 is 20.0 Å². The number of carbonyl (C=O) groups excluding carboxylic acids is 3. The number of furan rings is 1. The minimum absolute atomic E-state index is 0.0914. The van der Waals surface area contributed by atoms with E-state index in [-0.39, 0.29) is 36.9 Å². The zero-order valence-electron chi connectivity index (χ0n) is 15.5. The number of amides is 3. The molecule has 1 aliphatic heterocycles. The monoisotopic (exact) mass is 387 g/mol. The smallest absolute Gasteiger partial charge is 0.251 e. The number of hydrogen-bond acceptors (Lipinski definition) is 4. The van der Waals surface area contributed by atoms with Crippen LogP contribution in [-0.4, -0.2) is 42.3 Å². The molecule has 7 nitrogen and oxygen atoms in total. The van der Waals surface area contributed by atoms with Crippen LogP contribution < -0.4 is 10.6 Å². The van der Waals surface area contributed by atoms with E-state index in [0.717, 1.165) is 0 Å².